The number of alkyl halides is 5. The van der Waals surface area contributed by atoms with E-state index in [9.17, 15) is 26.7 Å². The summed E-state index contributed by atoms with van der Waals surface area (Å²) in [5.41, 5.74) is 0.305. The number of hydrogen-bond acceptors (Lipinski definition) is 3. The van der Waals surface area contributed by atoms with E-state index in [1.54, 1.807) is 13.0 Å². The van der Waals surface area contributed by atoms with E-state index in [1.807, 2.05) is 0 Å². The van der Waals surface area contributed by atoms with E-state index in [0.29, 0.717) is 12.0 Å². The molecule has 1 N–H and O–H groups in total. The Labute approximate surface area is 129 Å². The third-order valence-corrected chi connectivity index (χ3v) is 2.75. The lowest BCUT2D eigenvalue weighted by Crippen LogP contribution is -2.33. The molecule has 23 heavy (non-hydrogen) atoms. The lowest BCUT2D eigenvalue weighted by atomic mass is 10.0. The van der Waals surface area contributed by atoms with Gasteiger partial charge >= 0.3 is 12.8 Å². The van der Waals surface area contributed by atoms with Crippen LogP contribution < -0.4 is 10.1 Å². The fraction of sp³-hybridized carbons (Fsp3) is 0.500. The maximum atomic E-state index is 12.4. The fourth-order valence-electron chi connectivity index (χ4n) is 1.87. The highest BCUT2D eigenvalue weighted by Gasteiger charge is 2.28. The number of amides is 1. The summed E-state index contributed by atoms with van der Waals surface area (Å²) >= 11 is 0. The molecule has 0 spiro atoms. The van der Waals surface area contributed by atoms with Crippen LogP contribution in [0.15, 0.2) is 24.3 Å². The molecule has 1 aromatic rings. The van der Waals surface area contributed by atoms with Crippen LogP contribution in [0.2, 0.25) is 0 Å². The summed E-state index contributed by atoms with van der Waals surface area (Å²) in [5.74, 6) is -0.890. The Bertz CT molecular complexity index is 507. The predicted molar refractivity (Wildman–Crippen MR) is 71.1 cm³/mol. The summed E-state index contributed by atoms with van der Waals surface area (Å²) in [6.45, 7) is -3.67. The normalized spacial score (nSPS) is 13.0. The molecular weight excluding hydrogens is 325 g/mol. The van der Waals surface area contributed by atoms with Gasteiger partial charge in [0.1, 0.15) is 19.0 Å². The van der Waals surface area contributed by atoms with Crippen LogP contribution in [0.3, 0.4) is 0 Å². The van der Waals surface area contributed by atoms with E-state index in [0.717, 1.165) is 0 Å². The molecule has 0 radical (unpaired) electrons. The van der Waals surface area contributed by atoms with Crippen molar-refractivity contribution < 1.29 is 36.2 Å². The molecule has 0 aliphatic carbocycles. The summed E-state index contributed by atoms with van der Waals surface area (Å²) in [4.78, 5) is 11.6. The van der Waals surface area contributed by atoms with Crippen molar-refractivity contribution in [1.82, 2.24) is 5.32 Å². The monoisotopic (exact) mass is 341 g/mol. The topological polar surface area (TPSA) is 47.6 Å². The summed E-state index contributed by atoms with van der Waals surface area (Å²) in [7, 11) is 0. The van der Waals surface area contributed by atoms with Gasteiger partial charge in [0.2, 0.25) is 5.91 Å². The molecule has 1 aromatic carbocycles. The number of carbonyl (C=O) groups excluding carboxylic acids is 1. The number of para-hydroxylation sites is 1. The molecule has 1 amide bonds. The zero-order valence-electron chi connectivity index (χ0n) is 12.2. The number of benzene rings is 1. The van der Waals surface area contributed by atoms with Crippen LogP contribution in [0.4, 0.5) is 22.0 Å². The van der Waals surface area contributed by atoms with Crippen LogP contribution in [0, 0.1) is 0 Å². The molecule has 0 heterocycles. The fourth-order valence-corrected chi connectivity index (χ4v) is 1.87. The first kappa shape index (κ1) is 19.1. The van der Waals surface area contributed by atoms with Gasteiger partial charge in [-0.2, -0.15) is 22.0 Å². The zero-order valence-corrected chi connectivity index (χ0v) is 12.2. The number of carbonyl (C=O) groups is 1. The molecule has 9 heteroatoms. The Morgan fingerprint density at radius 1 is 1.26 bits per heavy atom. The van der Waals surface area contributed by atoms with Crippen molar-refractivity contribution in [3.8, 4) is 5.75 Å². The molecule has 130 valence electrons. The smallest absolute Gasteiger partial charge is 0.411 e. The van der Waals surface area contributed by atoms with Crippen molar-refractivity contribution in [1.29, 1.82) is 0 Å². The predicted octanol–water partition coefficient (Wildman–Crippen LogP) is 3.43. The first-order valence-corrected chi connectivity index (χ1v) is 6.70. The Morgan fingerprint density at radius 2 is 1.91 bits per heavy atom. The lowest BCUT2D eigenvalue weighted by molar-refractivity contribution is -0.175. The van der Waals surface area contributed by atoms with Crippen molar-refractivity contribution in [2.45, 2.75) is 32.2 Å². The van der Waals surface area contributed by atoms with E-state index < -0.39 is 38.0 Å². The summed E-state index contributed by atoms with van der Waals surface area (Å²) < 4.78 is 69.2. The maximum Gasteiger partial charge on any atom is 0.411 e. The summed E-state index contributed by atoms with van der Waals surface area (Å²) in [5, 5.41) is 2.43. The first-order chi connectivity index (χ1) is 10.7. The average Bonchev–Trinajstić information content (AvgIpc) is 2.43. The van der Waals surface area contributed by atoms with Gasteiger partial charge < -0.3 is 14.8 Å². The second kappa shape index (κ2) is 8.66. The lowest BCUT2D eigenvalue weighted by Gasteiger charge is -2.20. The highest BCUT2D eigenvalue weighted by molar-refractivity contribution is 5.77. The van der Waals surface area contributed by atoms with E-state index in [-0.39, 0.29) is 5.75 Å². The minimum atomic E-state index is -4.53. The molecule has 0 aliphatic heterocycles. The molecule has 1 unspecified atom stereocenters. The molecule has 0 aliphatic rings. The average molecular weight is 341 g/mol. The first-order valence-electron chi connectivity index (χ1n) is 6.70. The van der Waals surface area contributed by atoms with Gasteiger partial charge in [0.05, 0.1) is 6.04 Å². The number of hydrogen-bond donors (Lipinski definition) is 1. The van der Waals surface area contributed by atoms with Crippen molar-refractivity contribution >= 4 is 5.91 Å². The third kappa shape index (κ3) is 7.27. The van der Waals surface area contributed by atoms with Gasteiger partial charge in [-0.05, 0) is 12.5 Å². The quantitative estimate of drug-likeness (QED) is 0.737. The van der Waals surface area contributed by atoms with Gasteiger partial charge in [-0.25, -0.2) is 0 Å². The van der Waals surface area contributed by atoms with E-state index in [2.05, 4.69) is 14.8 Å². The highest BCUT2D eigenvalue weighted by atomic mass is 19.4. The van der Waals surface area contributed by atoms with Crippen LogP contribution in [0.1, 0.15) is 24.9 Å². The number of rotatable bonds is 8. The number of ether oxygens (including phenoxy) is 2. The summed E-state index contributed by atoms with van der Waals surface area (Å²) in [6, 6.07) is 5.18. The van der Waals surface area contributed by atoms with Gasteiger partial charge in [0.25, 0.3) is 0 Å². The Morgan fingerprint density at radius 3 is 2.48 bits per heavy atom. The number of halogens is 5. The third-order valence-electron chi connectivity index (χ3n) is 2.75. The minimum absolute atomic E-state index is 0.106. The van der Waals surface area contributed by atoms with Gasteiger partial charge in [-0.1, -0.05) is 25.1 Å². The molecule has 0 saturated heterocycles. The van der Waals surface area contributed by atoms with E-state index in [1.165, 1.54) is 18.2 Å². The van der Waals surface area contributed by atoms with Crippen molar-refractivity contribution in [3.05, 3.63) is 29.8 Å². The molecule has 0 saturated carbocycles. The summed E-state index contributed by atoms with van der Waals surface area (Å²) in [6.07, 6.45) is -4.20. The minimum Gasteiger partial charge on any atom is -0.434 e. The molecule has 1 rings (SSSR count). The Hall–Kier alpha value is -1.90. The maximum absolute atomic E-state index is 12.4. The van der Waals surface area contributed by atoms with Crippen molar-refractivity contribution in [2.75, 3.05) is 13.2 Å². The van der Waals surface area contributed by atoms with E-state index >= 15 is 0 Å². The molecular formula is C14H16F5NO3. The molecule has 0 bridgehead atoms. The van der Waals surface area contributed by atoms with Crippen LogP contribution in [-0.2, 0) is 9.53 Å². The van der Waals surface area contributed by atoms with Gasteiger partial charge in [-0.3, -0.25) is 4.79 Å². The number of nitrogens with one attached hydrogen (secondary N) is 1. The molecule has 4 nitrogen and oxygen atoms in total. The molecule has 0 aromatic heterocycles. The van der Waals surface area contributed by atoms with E-state index in [4.69, 9.17) is 0 Å². The molecule has 1 atom stereocenters. The zero-order chi connectivity index (χ0) is 17.5. The van der Waals surface area contributed by atoms with Crippen molar-refractivity contribution in [3.63, 3.8) is 0 Å². The second-order valence-corrected chi connectivity index (χ2v) is 4.55. The van der Waals surface area contributed by atoms with Gasteiger partial charge in [0, 0.05) is 5.56 Å². The highest BCUT2D eigenvalue weighted by Crippen LogP contribution is 2.28. The van der Waals surface area contributed by atoms with Crippen molar-refractivity contribution in [2.24, 2.45) is 0 Å². The largest absolute Gasteiger partial charge is 0.434 e. The van der Waals surface area contributed by atoms with Crippen LogP contribution in [-0.4, -0.2) is 31.9 Å². The van der Waals surface area contributed by atoms with Crippen LogP contribution >= 0.6 is 0 Å². The van der Waals surface area contributed by atoms with Gasteiger partial charge in [-0.15, -0.1) is 0 Å². The Kier molecular flexibility index (Phi) is 7.21. The molecule has 0 fully saturated rings. The van der Waals surface area contributed by atoms with Crippen LogP contribution in [0.25, 0.3) is 0 Å². The van der Waals surface area contributed by atoms with Gasteiger partial charge in [0.15, 0.2) is 0 Å². The Balaban J connectivity index is 2.68. The SMILES string of the molecule is CCC(NC(=O)COCC(F)(F)F)c1ccccc1OC(F)F. The second-order valence-electron chi connectivity index (χ2n) is 4.55. The van der Waals surface area contributed by atoms with Crippen LogP contribution in [0.5, 0.6) is 5.75 Å². The standard InChI is InChI=1S/C14H16F5NO3/c1-2-10(20-12(21)7-22-8-14(17,18)19)9-5-3-4-6-11(9)23-13(15)16/h3-6,10,13H,2,7-8H2,1H3,(H,20,21).